The van der Waals surface area contributed by atoms with E-state index >= 15 is 0 Å². The minimum atomic E-state index is -0.242. The highest BCUT2D eigenvalue weighted by Gasteiger charge is 2.07. The predicted octanol–water partition coefficient (Wildman–Crippen LogP) is 3.90. The van der Waals surface area contributed by atoms with E-state index in [4.69, 9.17) is 0 Å². The van der Waals surface area contributed by atoms with Crippen molar-refractivity contribution in [3.8, 4) is 5.69 Å². The second kappa shape index (κ2) is 8.82. The summed E-state index contributed by atoms with van der Waals surface area (Å²) in [5.74, 6) is -0.257. The van der Waals surface area contributed by atoms with E-state index in [0.29, 0.717) is 24.9 Å². The fourth-order valence-electron chi connectivity index (χ4n) is 3.21. The molecule has 7 heteroatoms. The summed E-state index contributed by atoms with van der Waals surface area (Å²) >= 11 is 0. The van der Waals surface area contributed by atoms with Crippen molar-refractivity contribution in [2.45, 2.75) is 32.7 Å². The molecule has 0 saturated heterocycles. The van der Waals surface area contributed by atoms with E-state index < -0.39 is 0 Å². The molecule has 0 aliphatic heterocycles. The van der Waals surface area contributed by atoms with Crippen molar-refractivity contribution in [2.24, 2.45) is 0 Å². The van der Waals surface area contributed by atoms with Crippen molar-refractivity contribution in [3.05, 3.63) is 83.7 Å². The lowest BCUT2D eigenvalue weighted by Crippen LogP contribution is -2.22. The first-order valence-corrected chi connectivity index (χ1v) is 9.86. The Balaban J connectivity index is 1.25. The van der Waals surface area contributed by atoms with Crippen LogP contribution >= 0.6 is 0 Å². The molecule has 1 N–H and O–H groups in total. The molecule has 30 heavy (non-hydrogen) atoms. The molecule has 0 saturated carbocycles. The van der Waals surface area contributed by atoms with E-state index in [0.717, 1.165) is 34.4 Å². The summed E-state index contributed by atoms with van der Waals surface area (Å²) in [4.78, 5) is 21.0. The number of benzene rings is 1. The molecular formula is C23H22FN5O. The third-order valence-electron chi connectivity index (χ3n) is 4.89. The Labute approximate surface area is 173 Å². The average Bonchev–Trinajstić information content (AvgIpc) is 3.23. The molecule has 4 rings (SSSR count). The zero-order valence-corrected chi connectivity index (χ0v) is 16.7. The summed E-state index contributed by atoms with van der Waals surface area (Å²) in [6, 6.07) is 12.7. The highest BCUT2D eigenvalue weighted by atomic mass is 19.1. The molecule has 1 amide bonds. The summed E-state index contributed by atoms with van der Waals surface area (Å²) in [5, 5.41) is 8.22. The van der Waals surface area contributed by atoms with Crippen LogP contribution in [0.15, 0.2) is 61.1 Å². The molecule has 4 aromatic rings. The van der Waals surface area contributed by atoms with Gasteiger partial charge in [0.2, 0.25) is 5.91 Å². The molecule has 0 bridgehead atoms. The van der Waals surface area contributed by atoms with Crippen LogP contribution in [-0.4, -0.2) is 25.7 Å². The summed E-state index contributed by atoms with van der Waals surface area (Å²) in [7, 11) is 0. The molecule has 152 valence electrons. The van der Waals surface area contributed by atoms with Crippen LogP contribution in [0, 0.1) is 12.7 Å². The molecule has 0 unspecified atom stereocenters. The summed E-state index contributed by atoms with van der Waals surface area (Å²) in [6.45, 7) is 2.12. The Morgan fingerprint density at radius 2 is 2.10 bits per heavy atom. The Bertz CT molecular complexity index is 1190. The quantitative estimate of drug-likeness (QED) is 0.508. The Hall–Kier alpha value is -3.61. The van der Waals surface area contributed by atoms with E-state index in [1.165, 1.54) is 6.07 Å². The SMILES string of the molecule is Cc1cc(-n2cc(CNC(=O)CCCc3ccc4cccnc4n3)cn2)ccc1F. The van der Waals surface area contributed by atoms with Crippen LogP contribution in [0.5, 0.6) is 0 Å². The van der Waals surface area contributed by atoms with Gasteiger partial charge in [-0.3, -0.25) is 4.79 Å². The highest BCUT2D eigenvalue weighted by molar-refractivity contribution is 5.76. The van der Waals surface area contributed by atoms with Crippen LogP contribution in [-0.2, 0) is 17.8 Å². The maximum Gasteiger partial charge on any atom is 0.220 e. The van der Waals surface area contributed by atoms with E-state index in [1.54, 1.807) is 36.1 Å². The highest BCUT2D eigenvalue weighted by Crippen LogP contribution is 2.14. The van der Waals surface area contributed by atoms with Crippen molar-refractivity contribution in [2.75, 3.05) is 0 Å². The predicted molar refractivity (Wildman–Crippen MR) is 113 cm³/mol. The second-order valence-electron chi connectivity index (χ2n) is 7.21. The number of fused-ring (bicyclic) bond motifs is 1. The van der Waals surface area contributed by atoms with Gasteiger partial charge in [-0.1, -0.05) is 0 Å². The van der Waals surface area contributed by atoms with E-state index in [1.807, 2.05) is 30.5 Å². The fraction of sp³-hybridized carbons (Fsp3) is 0.217. The van der Waals surface area contributed by atoms with E-state index in [2.05, 4.69) is 20.4 Å². The van der Waals surface area contributed by atoms with Crippen LogP contribution in [0.3, 0.4) is 0 Å². The lowest BCUT2D eigenvalue weighted by atomic mass is 10.1. The summed E-state index contributed by atoms with van der Waals surface area (Å²) < 4.78 is 15.1. The van der Waals surface area contributed by atoms with Crippen molar-refractivity contribution in [1.82, 2.24) is 25.1 Å². The Morgan fingerprint density at radius 3 is 2.97 bits per heavy atom. The van der Waals surface area contributed by atoms with Gasteiger partial charge in [-0.15, -0.1) is 0 Å². The molecule has 0 atom stereocenters. The standard InChI is InChI=1S/C23H22FN5O/c1-16-12-20(9-10-21(16)24)29-15-17(14-27-29)13-26-22(30)6-2-5-19-8-7-18-4-3-11-25-23(18)28-19/h3-4,7-12,14-15H,2,5-6,13H2,1H3,(H,26,30). The van der Waals surface area contributed by atoms with E-state index in [-0.39, 0.29) is 11.7 Å². The molecule has 6 nitrogen and oxygen atoms in total. The van der Waals surface area contributed by atoms with Gasteiger partial charge in [0.1, 0.15) is 5.82 Å². The van der Waals surface area contributed by atoms with Crippen molar-refractivity contribution in [1.29, 1.82) is 0 Å². The normalized spacial score (nSPS) is 11.0. The minimum Gasteiger partial charge on any atom is -0.352 e. The fourth-order valence-corrected chi connectivity index (χ4v) is 3.21. The number of aryl methyl sites for hydroxylation is 2. The molecule has 0 spiro atoms. The van der Waals surface area contributed by atoms with Crippen LogP contribution in [0.2, 0.25) is 0 Å². The number of hydrogen-bond donors (Lipinski definition) is 1. The second-order valence-corrected chi connectivity index (χ2v) is 7.21. The molecule has 0 radical (unpaired) electrons. The Kier molecular flexibility index (Phi) is 5.79. The van der Waals surface area contributed by atoms with Gasteiger partial charge in [0.15, 0.2) is 5.65 Å². The molecule has 0 fully saturated rings. The van der Waals surface area contributed by atoms with Crippen LogP contribution in [0.25, 0.3) is 16.7 Å². The van der Waals surface area contributed by atoms with Crippen molar-refractivity contribution >= 4 is 16.9 Å². The monoisotopic (exact) mass is 403 g/mol. The van der Waals surface area contributed by atoms with Gasteiger partial charge >= 0.3 is 0 Å². The van der Waals surface area contributed by atoms with E-state index in [9.17, 15) is 9.18 Å². The number of nitrogens with one attached hydrogen (secondary N) is 1. The van der Waals surface area contributed by atoms with Gasteiger partial charge in [0.05, 0.1) is 11.9 Å². The van der Waals surface area contributed by atoms with Crippen molar-refractivity contribution in [3.63, 3.8) is 0 Å². The van der Waals surface area contributed by atoms with Gasteiger partial charge in [0.25, 0.3) is 0 Å². The summed E-state index contributed by atoms with van der Waals surface area (Å²) in [5.41, 5.74) is 3.89. The number of aromatic nitrogens is 4. The maximum absolute atomic E-state index is 13.4. The molecule has 3 aromatic heterocycles. The van der Waals surface area contributed by atoms with Crippen molar-refractivity contribution < 1.29 is 9.18 Å². The van der Waals surface area contributed by atoms with Crippen LogP contribution in [0.1, 0.15) is 29.7 Å². The first kappa shape index (κ1) is 19.7. The molecule has 0 aliphatic carbocycles. The number of hydrogen-bond acceptors (Lipinski definition) is 4. The van der Waals surface area contributed by atoms with Gasteiger partial charge in [-0.2, -0.15) is 5.10 Å². The molecule has 3 heterocycles. The third-order valence-corrected chi connectivity index (χ3v) is 4.89. The zero-order chi connectivity index (χ0) is 20.9. The first-order valence-electron chi connectivity index (χ1n) is 9.86. The largest absolute Gasteiger partial charge is 0.352 e. The number of carbonyl (C=O) groups excluding carboxylic acids is 1. The number of rotatable bonds is 7. The lowest BCUT2D eigenvalue weighted by Gasteiger charge is -2.05. The number of halogens is 1. The van der Waals surface area contributed by atoms with Gasteiger partial charge in [-0.05, 0) is 67.8 Å². The molecular weight excluding hydrogens is 381 g/mol. The van der Waals surface area contributed by atoms with Gasteiger partial charge < -0.3 is 5.32 Å². The lowest BCUT2D eigenvalue weighted by molar-refractivity contribution is -0.121. The minimum absolute atomic E-state index is 0.0145. The first-order chi connectivity index (χ1) is 14.6. The summed E-state index contributed by atoms with van der Waals surface area (Å²) in [6.07, 6.45) is 7.12. The Morgan fingerprint density at radius 1 is 1.20 bits per heavy atom. The smallest absolute Gasteiger partial charge is 0.220 e. The van der Waals surface area contributed by atoms with Crippen LogP contribution < -0.4 is 5.32 Å². The van der Waals surface area contributed by atoms with Gasteiger partial charge in [-0.25, -0.2) is 19.0 Å². The molecule has 0 aliphatic rings. The maximum atomic E-state index is 13.4. The average molecular weight is 403 g/mol. The molecule has 1 aromatic carbocycles. The number of pyridine rings is 2. The number of amides is 1. The zero-order valence-electron chi connectivity index (χ0n) is 16.7. The number of carbonyl (C=O) groups is 1. The third kappa shape index (κ3) is 4.68. The topological polar surface area (TPSA) is 72.7 Å². The van der Waals surface area contributed by atoms with Crippen LogP contribution in [0.4, 0.5) is 4.39 Å². The number of nitrogens with zero attached hydrogens (tertiary/aromatic N) is 4. The van der Waals surface area contributed by atoms with Gasteiger partial charge in [0, 0.05) is 42.0 Å².